The molecule has 0 atom stereocenters. The van der Waals surface area contributed by atoms with Crippen LogP contribution in [0.5, 0.6) is 5.75 Å². The van der Waals surface area contributed by atoms with Crippen LogP contribution >= 0.6 is 11.3 Å². The molecule has 0 bridgehead atoms. The summed E-state index contributed by atoms with van der Waals surface area (Å²) in [5.41, 5.74) is 1.97. The maximum Gasteiger partial charge on any atom is 0.341 e. The van der Waals surface area contributed by atoms with Gasteiger partial charge in [-0.25, -0.2) is 4.79 Å². The molecule has 0 unspecified atom stereocenters. The normalized spacial score (nSPS) is 13.0. The number of aryl methyl sites for hydroxylation is 1. The number of hydrogen-bond acceptors (Lipinski definition) is 6. The standard InChI is InChI=1S/C24H24N2O4S/c1-3-12-30-18-9-7-8-16(14-18)13-17(15-25)22(27)26-23-21(24(28)29-4-2)19-10-5-6-11-20(19)31-23/h3,7-9,13-14H,1,4-6,10-12H2,2H3,(H,26,27)/b17-13+. The quantitative estimate of drug-likeness (QED) is 0.275. The lowest BCUT2D eigenvalue weighted by Crippen LogP contribution is -2.16. The lowest BCUT2D eigenvalue weighted by Gasteiger charge is -2.12. The van der Waals surface area contributed by atoms with Crippen LogP contribution in [0.3, 0.4) is 0 Å². The van der Waals surface area contributed by atoms with Crippen LogP contribution in [0, 0.1) is 11.3 Å². The number of anilines is 1. The number of thiophene rings is 1. The molecule has 0 spiro atoms. The number of nitrogens with one attached hydrogen (secondary N) is 1. The number of nitriles is 1. The zero-order valence-corrected chi connectivity index (χ0v) is 18.2. The first-order valence-corrected chi connectivity index (χ1v) is 11.0. The van der Waals surface area contributed by atoms with Gasteiger partial charge in [0.15, 0.2) is 0 Å². The van der Waals surface area contributed by atoms with E-state index < -0.39 is 11.9 Å². The van der Waals surface area contributed by atoms with E-state index in [4.69, 9.17) is 9.47 Å². The van der Waals surface area contributed by atoms with E-state index in [1.165, 1.54) is 17.4 Å². The number of fused-ring (bicyclic) bond motifs is 1. The van der Waals surface area contributed by atoms with Crippen molar-refractivity contribution in [3.8, 4) is 11.8 Å². The van der Waals surface area contributed by atoms with E-state index in [0.29, 0.717) is 28.5 Å². The number of rotatable bonds is 8. The summed E-state index contributed by atoms with van der Waals surface area (Å²) >= 11 is 1.39. The molecule has 0 saturated heterocycles. The minimum Gasteiger partial charge on any atom is -0.490 e. The largest absolute Gasteiger partial charge is 0.490 e. The summed E-state index contributed by atoms with van der Waals surface area (Å²) in [7, 11) is 0. The second-order valence-corrected chi connectivity index (χ2v) is 8.04. The monoisotopic (exact) mass is 436 g/mol. The van der Waals surface area contributed by atoms with Gasteiger partial charge in [0.05, 0.1) is 12.2 Å². The molecule has 1 aromatic carbocycles. The molecule has 2 aromatic rings. The van der Waals surface area contributed by atoms with Gasteiger partial charge in [-0.2, -0.15) is 5.26 Å². The molecular formula is C24H24N2O4S. The Morgan fingerprint density at radius 2 is 2.13 bits per heavy atom. The molecule has 1 aliphatic carbocycles. The van der Waals surface area contributed by atoms with Crippen molar-refractivity contribution in [1.82, 2.24) is 0 Å². The third-order valence-electron chi connectivity index (χ3n) is 4.78. The van der Waals surface area contributed by atoms with Gasteiger partial charge in [0.1, 0.15) is 29.0 Å². The maximum absolute atomic E-state index is 12.9. The van der Waals surface area contributed by atoms with Crippen LogP contribution in [-0.2, 0) is 22.4 Å². The predicted octanol–water partition coefficient (Wildman–Crippen LogP) is 4.91. The average Bonchev–Trinajstić information content (AvgIpc) is 3.14. The fourth-order valence-electron chi connectivity index (χ4n) is 3.41. The molecule has 0 fully saturated rings. The molecule has 31 heavy (non-hydrogen) atoms. The highest BCUT2D eigenvalue weighted by atomic mass is 32.1. The molecule has 0 radical (unpaired) electrons. The molecule has 3 rings (SSSR count). The van der Waals surface area contributed by atoms with Crippen LogP contribution in [0.2, 0.25) is 0 Å². The lowest BCUT2D eigenvalue weighted by molar-refractivity contribution is -0.112. The van der Waals surface area contributed by atoms with E-state index in [0.717, 1.165) is 36.1 Å². The SMILES string of the molecule is C=CCOc1cccc(/C=C(\C#N)C(=O)Nc2sc3c(c2C(=O)OCC)CCCC3)c1. The van der Waals surface area contributed by atoms with Gasteiger partial charge in [0, 0.05) is 4.88 Å². The molecule has 0 saturated carbocycles. The summed E-state index contributed by atoms with van der Waals surface area (Å²) < 4.78 is 10.7. The summed E-state index contributed by atoms with van der Waals surface area (Å²) in [4.78, 5) is 26.5. The number of hydrogen-bond donors (Lipinski definition) is 1. The van der Waals surface area contributed by atoms with E-state index >= 15 is 0 Å². The number of esters is 1. The number of carbonyl (C=O) groups excluding carboxylic acids is 2. The van der Waals surface area contributed by atoms with E-state index in [9.17, 15) is 14.9 Å². The Labute approximate surface area is 185 Å². The van der Waals surface area contributed by atoms with Crippen molar-refractivity contribution in [2.24, 2.45) is 0 Å². The molecule has 6 nitrogen and oxygen atoms in total. The van der Waals surface area contributed by atoms with Crippen molar-refractivity contribution in [2.75, 3.05) is 18.5 Å². The first kappa shape index (κ1) is 22.3. The summed E-state index contributed by atoms with van der Waals surface area (Å²) in [6.45, 7) is 5.98. The first-order valence-electron chi connectivity index (χ1n) is 10.2. The Morgan fingerprint density at radius 3 is 2.87 bits per heavy atom. The molecule has 160 valence electrons. The van der Waals surface area contributed by atoms with Gasteiger partial charge in [-0.3, -0.25) is 4.79 Å². The molecule has 7 heteroatoms. The molecule has 1 aromatic heterocycles. The molecular weight excluding hydrogens is 412 g/mol. The van der Waals surface area contributed by atoms with Gasteiger partial charge in [-0.15, -0.1) is 11.3 Å². The van der Waals surface area contributed by atoms with Gasteiger partial charge in [0.25, 0.3) is 5.91 Å². The van der Waals surface area contributed by atoms with Crippen LogP contribution in [-0.4, -0.2) is 25.1 Å². The highest BCUT2D eigenvalue weighted by Gasteiger charge is 2.27. The predicted molar refractivity (Wildman–Crippen MR) is 121 cm³/mol. The van der Waals surface area contributed by atoms with Crippen molar-refractivity contribution in [2.45, 2.75) is 32.6 Å². The summed E-state index contributed by atoms with van der Waals surface area (Å²) in [6.07, 6.45) is 6.84. The third kappa shape index (κ3) is 5.41. The van der Waals surface area contributed by atoms with E-state index in [1.54, 1.807) is 37.3 Å². The molecule has 1 N–H and O–H groups in total. The average molecular weight is 437 g/mol. The second-order valence-electron chi connectivity index (χ2n) is 6.93. The molecule has 0 aliphatic heterocycles. The summed E-state index contributed by atoms with van der Waals surface area (Å²) in [6, 6.07) is 9.03. The number of benzene rings is 1. The van der Waals surface area contributed by atoms with Crippen LogP contribution in [0.1, 0.15) is 46.1 Å². The van der Waals surface area contributed by atoms with Crippen LogP contribution in [0.15, 0.2) is 42.5 Å². The number of amides is 1. The fraction of sp³-hybridized carbons (Fsp3) is 0.292. The van der Waals surface area contributed by atoms with Gasteiger partial charge >= 0.3 is 5.97 Å². The molecule has 1 heterocycles. The minimum atomic E-state index is -0.566. The van der Waals surface area contributed by atoms with E-state index in [2.05, 4.69) is 11.9 Å². The topological polar surface area (TPSA) is 88.4 Å². The highest BCUT2D eigenvalue weighted by Crippen LogP contribution is 2.38. The smallest absolute Gasteiger partial charge is 0.341 e. The van der Waals surface area contributed by atoms with Crippen molar-refractivity contribution in [3.63, 3.8) is 0 Å². The van der Waals surface area contributed by atoms with E-state index in [-0.39, 0.29) is 12.2 Å². The minimum absolute atomic E-state index is 0.0675. The number of ether oxygens (including phenoxy) is 2. The summed E-state index contributed by atoms with van der Waals surface area (Å²) in [5, 5.41) is 12.8. The van der Waals surface area contributed by atoms with Gasteiger partial charge in [-0.05, 0) is 61.9 Å². The van der Waals surface area contributed by atoms with Crippen molar-refractivity contribution >= 4 is 34.3 Å². The molecule has 1 aliphatic rings. The van der Waals surface area contributed by atoms with Gasteiger partial charge < -0.3 is 14.8 Å². The van der Waals surface area contributed by atoms with Gasteiger partial charge in [-0.1, -0.05) is 24.8 Å². The fourth-order valence-corrected chi connectivity index (χ4v) is 4.68. The number of carbonyl (C=O) groups is 2. The summed E-state index contributed by atoms with van der Waals surface area (Å²) in [5.74, 6) is -0.391. The zero-order valence-electron chi connectivity index (χ0n) is 17.4. The second kappa shape index (κ2) is 10.6. The van der Waals surface area contributed by atoms with Crippen LogP contribution in [0.4, 0.5) is 5.00 Å². The lowest BCUT2D eigenvalue weighted by atomic mass is 9.95. The third-order valence-corrected chi connectivity index (χ3v) is 5.99. The van der Waals surface area contributed by atoms with Gasteiger partial charge in [0.2, 0.25) is 0 Å². The van der Waals surface area contributed by atoms with Crippen LogP contribution in [0.25, 0.3) is 6.08 Å². The maximum atomic E-state index is 12.9. The molecule has 1 amide bonds. The highest BCUT2D eigenvalue weighted by molar-refractivity contribution is 7.17. The zero-order chi connectivity index (χ0) is 22.2. The first-order chi connectivity index (χ1) is 15.1. The van der Waals surface area contributed by atoms with Crippen molar-refractivity contribution < 1.29 is 19.1 Å². The van der Waals surface area contributed by atoms with E-state index in [1.807, 2.05) is 6.07 Å². The van der Waals surface area contributed by atoms with Crippen molar-refractivity contribution in [1.29, 1.82) is 5.26 Å². The Morgan fingerprint density at radius 1 is 1.32 bits per heavy atom. The Kier molecular flexibility index (Phi) is 7.63. The Hall–Kier alpha value is -3.37. The Balaban J connectivity index is 1.87. The Bertz CT molecular complexity index is 1060. The number of nitrogens with zero attached hydrogens (tertiary/aromatic N) is 1. The van der Waals surface area contributed by atoms with Crippen molar-refractivity contribution in [3.05, 3.63) is 64.1 Å². The van der Waals surface area contributed by atoms with Crippen LogP contribution < -0.4 is 10.1 Å².